The van der Waals surface area contributed by atoms with Gasteiger partial charge in [0.2, 0.25) is 0 Å². The van der Waals surface area contributed by atoms with Gasteiger partial charge in [0.25, 0.3) is 0 Å². The second-order valence-corrected chi connectivity index (χ2v) is 5.54. The topological polar surface area (TPSA) is 28.2 Å². The Kier molecular flexibility index (Phi) is 6.91. The van der Waals surface area contributed by atoms with Crippen LogP contribution in [-0.4, -0.2) is 42.6 Å². The van der Waals surface area contributed by atoms with Crippen LogP contribution in [0.2, 0.25) is 0 Å². The molecule has 0 aromatic carbocycles. The molecule has 1 rings (SSSR count). The molecule has 0 bridgehead atoms. The van der Waals surface area contributed by atoms with Gasteiger partial charge in [0.05, 0.1) is 0 Å². The maximum atomic E-state index is 4.04. The predicted molar refractivity (Wildman–Crippen MR) is 77.7 cm³/mol. The van der Waals surface area contributed by atoms with Gasteiger partial charge >= 0.3 is 0 Å². The van der Waals surface area contributed by atoms with Gasteiger partial charge in [-0.05, 0) is 43.6 Å². The zero-order valence-corrected chi connectivity index (χ0v) is 12.2. The van der Waals surface area contributed by atoms with E-state index in [9.17, 15) is 0 Å². The predicted octanol–water partition coefficient (Wildman–Crippen LogP) is 2.19. The number of aromatic nitrogens is 1. The van der Waals surface area contributed by atoms with Crippen molar-refractivity contribution in [2.75, 3.05) is 26.7 Å². The van der Waals surface area contributed by atoms with Gasteiger partial charge in [-0.25, -0.2) is 0 Å². The molecule has 1 aromatic heterocycles. The number of nitrogens with one attached hydrogen (secondary N) is 1. The van der Waals surface area contributed by atoms with E-state index in [1.54, 1.807) is 0 Å². The standard InChI is InChI=1S/C15H27N3/c1-13(2)17-11-14(3)12-18(4)10-7-15-5-8-16-9-6-15/h5-6,8-9,13-14,17H,7,10-12H2,1-4H3. The first kappa shape index (κ1) is 15.1. The van der Waals surface area contributed by atoms with Crippen LogP contribution in [-0.2, 0) is 6.42 Å². The van der Waals surface area contributed by atoms with Gasteiger partial charge in [0.1, 0.15) is 0 Å². The molecule has 3 nitrogen and oxygen atoms in total. The van der Waals surface area contributed by atoms with Crippen LogP contribution in [0.1, 0.15) is 26.3 Å². The fourth-order valence-electron chi connectivity index (χ4n) is 1.99. The lowest BCUT2D eigenvalue weighted by atomic mass is 10.1. The van der Waals surface area contributed by atoms with E-state index in [1.807, 2.05) is 12.4 Å². The highest BCUT2D eigenvalue weighted by molar-refractivity contribution is 5.09. The van der Waals surface area contributed by atoms with E-state index in [2.05, 4.69) is 55.2 Å². The summed E-state index contributed by atoms with van der Waals surface area (Å²) in [5.74, 6) is 0.690. The third-order valence-electron chi connectivity index (χ3n) is 3.03. The third-order valence-corrected chi connectivity index (χ3v) is 3.03. The van der Waals surface area contributed by atoms with Gasteiger partial charge in [-0.2, -0.15) is 0 Å². The van der Waals surface area contributed by atoms with Crippen LogP contribution in [0.25, 0.3) is 0 Å². The van der Waals surface area contributed by atoms with E-state index < -0.39 is 0 Å². The average Bonchev–Trinajstić information content (AvgIpc) is 2.35. The van der Waals surface area contributed by atoms with Gasteiger partial charge in [-0.1, -0.05) is 20.8 Å². The van der Waals surface area contributed by atoms with Gasteiger partial charge < -0.3 is 10.2 Å². The Labute approximate surface area is 112 Å². The summed E-state index contributed by atoms with van der Waals surface area (Å²) < 4.78 is 0. The summed E-state index contributed by atoms with van der Waals surface area (Å²) in [7, 11) is 2.20. The second-order valence-electron chi connectivity index (χ2n) is 5.54. The fourth-order valence-corrected chi connectivity index (χ4v) is 1.99. The molecule has 1 heterocycles. The molecule has 0 aliphatic rings. The van der Waals surface area contributed by atoms with E-state index in [0.29, 0.717) is 12.0 Å². The van der Waals surface area contributed by atoms with Crippen molar-refractivity contribution in [2.45, 2.75) is 33.2 Å². The zero-order chi connectivity index (χ0) is 13.4. The lowest BCUT2D eigenvalue weighted by Gasteiger charge is -2.22. The van der Waals surface area contributed by atoms with E-state index in [0.717, 1.165) is 26.1 Å². The smallest absolute Gasteiger partial charge is 0.0270 e. The third kappa shape index (κ3) is 6.72. The van der Waals surface area contributed by atoms with E-state index in [4.69, 9.17) is 0 Å². The molecular formula is C15H27N3. The second kappa shape index (κ2) is 8.22. The van der Waals surface area contributed by atoms with Crippen LogP contribution in [0, 0.1) is 5.92 Å². The molecule has 0 fully saturated rings. The monoisotopic (exact) mass is 249 g/mol. The molecule has 18 heavy (non-hydrogen) atoms. The zero-order valence-electron chi connectivity index (χ0n) is 12.2. The first-order valence-electron chi connectivity index (χ1n) is 6.88. The largest absolute Gasteiger partial charge is 0.314 e. The highest BCUT2D eigenvalue weighted by atomic mass is 15.1. The summed E-state index contributed by atoms with van der Waals surface area (Å²) in [5.41, 5.74) is 1.37. The molecule has 3 heteroatoms. The minimum absolute atomic E-state index is 0.578. The van der Waals surface area contributed by atoms with Crippen LogP contribution in [0.15, 0.2) is 24.5 Å². The molecule has 1 N–H and O–H groups in total. The van der Waals surface area contributed by atoms with Gasteiger partial charge in [0, 0.05) is 31.5 Å². The molecule has 0 saturated carbocycles. The molecule has 0 aliphatic carbocycles. The van der Waals surface area contributed by atoms with Gasteiger partial charge in [0.15, 0.2) is 0 Å². The molecular weight excluding hydrogens is 222 g/mol. The molecule has 0 amide bonds. The maximum Gasteiger partial charge on any atom is 0.0270 e. The Bertz CT molecular complexity index is 311. The Morgan fingerprint density at radius 3 is 2.50 bits per heavy atom. The molecule has 0 spiro atoms. The SMILES string of the molecule is CC(CNC(C)C)CN(C)CCc1ccncc1. The molecule has 102 valence electrons. The van der Waals surface area contributed by atoms with E-state index >= 15 is 0 Å². The van der Waals surface area contributed by atoms with Crippen molar-refractivity contribution in [3.63, 3.8) is 0 Å². The quantitative estimate of drug-likeness (QED) is 0.765. The van der Waals surface area contributed by atoms with Crippen molar-refractivity contribution in [1.29, 1.82) is 0 Å². The first-order valence-corrected chi connectivity index (χ1v) is 6.88. The summed E-state index contributed by atoms with van der Waals surface area (Å²) in [6.07, 6.45) is 4.83. The number of nitrogens with zero attached hydrogens (tertiary/aromatic N) is 2. The van der Waals surface area contributed by atoms with E-state index in [1.165, 1.54) is 5.56 Å². The Balaban J connectivity index is 2.19. The summed E-state index contributed by atoms with van der Waals surface area (Å²) in [4.78, 5) is 6.45. The highest BCUT2D eigenvalue weighted by Gasteiger charge is 2.07. The van der Waals surface area contributed by atoms with Crippen molar-refractivity contribution >= 4 is 0 Å². The van der Waals surface area contributed by atoms with Crippen LogP contribution >= 0.6 is 0 Å². The minimum Gasteiger partial charge on any atom is -0.314 e. The van der Waals surface area contributed by atoms with Crippen LogP contribution in [0.4, 0.5) is 0 Å². The van der Waals surface area contributed by atoms with Crippen molar-refractivity contribution in [2.24, 2.45) is 5.92 Å². The van der Waals surface area contributed by atoms with Crippen LogP contribution in [0.3, 0.4) is 0 Å². The van der Waals surface area contributed by atoms with Crippen molar-refractivity contribution < 1.29 is 0 Å². The highest BCUT2D eigenvalue weighted by Crippen LogP contribution is 2.02. The average molecular weight is 249 g/mol. The summed E-state index contributed by atoms with van der Waals surface area (Å²) in [6.45, 7) is 10.0. The number of rotatable bonds is 8. The Morgan fingerprint density at radius 2 is 1.89 bits per heavy atom. The molecule has 1 aromatic rings. The lowest BCUT2D eigenvalue weighted by molar-refractivity contribution is 0.281. The number of likely N-dealkylation sites (N-methyl/N-ethyl adjacent to an activating group) is 1. The van der Waals surface area contributed by atoms with Gasteiger partial charge in [-0.15, -0.1) is 0 Å². The normalized spacial score (nSPS) is 13.2. The summed E-state index contributed by atoms with van der Waals surface area (Å²) in [6, 6.07) is 4.77. The lowest BCUT2D eigenvalue weighted by Crippen LogP contribution is -2.34. The summed E-state index contributed by atoms with van der Waals surface area (Å²) in [5, 5.41) is 3.49. The Morgan fingerprint density at radius 1 is 1.22 bits per heavy atom. The molecule has 0 radical (unpaired) electrons. The van der Waals surface area contributed by atoms with Crippen molar-refractivity contribution in [3.8, 4) is 0 Å². The van der Waals surface area contributed by atoms with Crippen molar-refractivity contribution in [1.82, 2.24) is 15.2 Å². The van der Waals surface area contributed by atoms with E-state index in [-0.39, 0.29) is 0 Å². The van der Waals surface area contributed by atoms with Gasteiger partial charge in [-0.3, -0.25) is 4.98 Å². The fraction of sp³-hybridized carbons (Fsp3) is 0.667. The number of hydrogen-bond donors (Lipinski definition) is 1. The molecule has 1 unspecified atom stereocenters. The maximum absolute atomic E-state index is 4.04. The molecule has 0 saturated heterocycles. The molecule has 1 atom stereocenters. The van der Waals surface area contributed by atoms with Crippen LogP contribution < -0.4 is 5.32 Å². The minimum atomic E-state index is 0.578. The Hall–Kier alpha value is -0.930. The number of hydrogen-bond acceptors (Lipinski definition) is 3. The molecule has 0 aliphatic heterocycles. The van der Waals surface area contributed by atoms with Crippen LogP contribution in [0.5, 0.6) is 0 Å². The first-order chi connectivity index (χ1) is 8.58. The summed E-state index contributed by atoms with van der Waals surface area (Å²) >= 11 is 0. The van der Waals surface area contributed by atoms with Crippen molar-refractivity contribution in [3.05, 3.63) is 30.1 Å². The number of pyridine rings is 1.